The van der Waals surface area contributed by atoms with E-state index in [0.717, 1.165) is 6.42 Å². The SMILES string of the molecule is CCC(C)C(=O)O.[SiH4]. The molecule has 0 amide bonds. The number of aliphatic carboxylic acids is 1. The van der Waals surface area contributed by atoms with Crippen molar-refractivity contribution in [2.45, 2.75) is 20.3 Å². The summed E-state index contributed by atoms with van der Waals surface area (Å²) in [6.07, 6.45) is 0.718. The number of carbonyl (C=O) groups is 1. The molecule has 0 saturated heterocycles. The Balaban J connectivity index is 0. The molecule has 1 atom stereocenters. The Morgan fingerprint density at radius 3 is 2.12 bits per heavy atom. The highest BCUT2D eigenvalue weighted by atomic mass is 28.1. The van der Waals surface area contributed by atoms with E-state index < -0.39 is 5.97 Å². The summed E-state index contributed by atoms with van der Waals surface area (Å²) in [4.78, 5) is 9.93. The van der Waals surface area contributed by atoms with Crippen LogP contribution in [0.2, 0.25) is 0 Å². The fourth-order valence-electron chi connectivity index (χ4n) is 0.175. The summed E-state index contributed by atoms with van der Waals surface area (Å²) < 4.78 is 0. The van der Waals surface area contributed by atoms with Crippen LogP contribution >= 0.6 is 0 Å². The second kappa shape index (κ2) is 4.84. The Bertz CT molecular complexity index is 72.8. The lowest BCUT2D eigenvalue weighted by molar-refractivity contribution is -0.141. The predicted octanol–water partition coefficient (Wildman–Crippen LogP) is -0.335. The lowest BCUT2D eigenvalue weighted by atomic mass is 10.1. The minimum atomic E-state index is -0.706. The van der Waals surface area contributed by atoms with Crippen LogP contribution in [0.25, 0.3) is 0 Å². The van der Waals surface area contributed by atoms with Gasteiger partial charge in [0.05, 0.1) is 5.92 Å². The van der Waals surface area contributed by atoms with Gasteiger partial charge in [-0.15, -0.1) is 0 Å². The van der Waals surface area contributed by atoms with Crippen molar-refractivity contribution in [1.82, 2.24) is 0 Å². The number of rotatable bonds is 2. The highest BCUT2D eigenvalue weighted by Gasteiger charge is 2.05. The molecule has 0 spiro atoms. The quantitative estimate of drug-likeness (QED) is 0.525. The normalized spacial score (nSPS) is 11.8. The van der Waals surface area contributed by atoms with Crippen LogP contribution in [0.15, 0.2) is 0 Å². The summed E-state index contributed by atoms with van der Waals surface area (Å²) in [5.41, 5.74) is 0. The fourth-order valence-corrected chi connectivity index (χ4v) is 0.175. The standard InChI is InChI=1S/C5H10O2.H4Si/c1-3-4(2)5(6)7;/h4H,3H2,1-2H3,(H,6,7);1H4. The molecule has 0 radical (unpaired) electrons. The Morgan fingerprint density at radius 2 is 2.12 bits per heavy atom. The maximum absolute atomic E-state index is 9.93. The van der Waals surface area contributed by atoms with Gasteiger partial charge in [-0.1, -0.05) is 13.8 Å². The monoisotopic (exact) mass is 134 g/mol. The molecule has 0 aromatic heterocycles. The van der Waals surface area contributed by atoms with Crippen LogP contribution in [0.4, 0.5) is 0 Å². The number of carboxylic acids is 1. The molecule has 0 saturated carbocycles. The molecular weight excluding hydrogens is 120 g/mol. The molecule has 0 rings (SSSR count). The van der Waals surface area contributed by atoms with Crippen molar-refractivity contribution >= 4 is 16.9 Å². The van der Waals surface area contributed by atoms with Crippen LogP contribution in [0, 0.1) is 5.92 Å². The van der Waals surface area contributed by atoms with Crippen molar-refractivity contribution in [3.05, 3.63) is 0 Å². The lowest BCUT2D eigenvalue weighted by Crippen LogP contribution is -2.06. The van der Waals surface area contributed by atoms with Gasteiger partial charge in [-0.05, 0) is 17.4 Å². The molecule has 8 heavy (non-hydrogen) atoms. The lowest BCUT2D eigenvalue weighted by Gasteiger charge is -1.96. The zero-order valence-corrected chi connectivity index (χ0v) is 4.64. The number of hydrogen-bond acceptors (Lipinski definition) is 1. The summed E-state index contributed by atoms with van der Waals surface area (Å²) in [7, 11) is 0. The smallest absolute Gasteiger partial charge is 0.306 e. The first kappa shape index (κ1) is 10.6. The Hall–Kier alpha value is -0.313. The van der Waals surface area contributed by atoms with Crippen LogP contribution in [-0.2, 0) is 4.79 Å². The molecule has 0 aliphatic rings. The molecule has 1 N–H and O–H groups in total. The first-order valence-electron chi connectivity index (χ1n) is 2.41. The van der Waals surface area contributed by atoms with Crippen LogP contribution in [0.5, 0.6) is 0 Å². The second-order valence-electron chi connectivity index (χ2n) is 1.65. The molecule has 50 valence electrons. The van der Waals surface area contributed by atoms with Crippen molar-refractivity contribution < 1.29 is 9.90 Å². The minimum Gasteiger partial charge on any atom is -0.481 e. The van der Waals surface area contributed by atoms with Gasteiger partial charge in [0.15, 0.2) is 0 Å². The largest absolute Gasteiger partial charge is 0.481 e. The first-order chi connectivity index (χ1) is 3.18. The van der Waals surface area contributed by atoms with E-state index in [-0.39, 0.29) is 16.9 Å². The predicted molar refractivity (Wildman–Crippen MR) is 38.4 cm³/mol. The van der Waals surface area contributed by atoms with Gasteiger partial charge in [0.1, 0.15) is 0 Å². The first-order valence-corrected chi connectivity index (χ1v) is 2.41. The zero-order valence-electron chi connectivity index (χ0n) is 4.64. The van der Waals surface area contributed by atoms with E-state index in [9.17, 15) is 4.79 Å². The van der Waals surface area contributed by atoms with Crippen LogP contribution in [0.1, 0.15) is 20.3 Å². The molecule has 1 unspecified atom stereocenters. The molecule has 0 heterocycles. The van der Waals surface area contributed by atoms with Crippen molar-refractivity contribution in [3.63, 3.8) is 0 Å². The van der Waals surface area contributed by atoms with E-state index in [1.54, 1.807) is 6.92 Å². The molecule has 0 bridgehead atoms. The van der Waals surface area contributed by atoms with E-state index >= 15 is 0 Å². The zero-order chi connectivity index (χ0) is 5.86. The van der Waals surface area contributed by atoms with Crippen molar-refractivity contribution in [1.29, 1.82) is 0 Å². The van der Waals surface area contributed by atoms with Gasteiger partial charge in [0, 0.05) is 0 Å². The van der Waals surface area contributed by atoms with E-state index in [1.165, 1.54) is 0 Å². The van der Waals surface area contributed by atoms with Gasteiger partial charge in [-0.2, -0.15) is 0 Å². The molecule has 0 fully saturated rings. The third-order valence-electron chi connectivity index (χ3n) is 1.03. The maximum Gasteiger partial charge on any atom is 0.306 e. The molecule has 0 aromatic carbocycles. The molecule has 2 nitrogen and oxygen atoms in total. The van der Waals surface area contributed by atoms with Crippen LogP contribution in [0.3, 0.4) is 0 Å². The average molecular weight is 134 g/mol. The third-order valence-corrected chi connectivity index (χ3v) is 1.03. The second-order valence-corrected chi connectivity index (χ2v) is 1.65. The molecule has 0 aliphatic carbocycles. The summed E-state index contributed by atoms with van der Waals surface area (Å²) in [6, 6.07) is 0. The van der Waals surface area contributed by atoms with E-state index in [0.29, 0.717) is 0 Å². The van der Waals surface area contributed by atoms with E-state index in [4.69, 9.17) is 5.11 Å². The number of hydrogen-bond donors (Lipinski definition) is 1. The number of carboxylic acid groups (broad SMARTS) is 1. The van der Waals surface area contributed by atoms with E-state index in [2.05, 4.69) is 0 Å². The topological polar surface area (TPSA) is 37.3 Å². The highest BCUT2D eigenvalue weighted by Crippen LogP contribution is 1.97. The molecule has 3 heteroatoms. The Labute approximate surface area is 53.9 Å². The van der Waals surface area contributed by atoms with Crippen LogP contribution < -0.4 is 0 Å². The van der Waals surface area contributed by atoms with Gasteiger partial charge in [-0.25, -0.2) is 0 Å². The summed E-state index contributed by atoms with van der Waals surface area (Å²) in [5, 5.41) is 8.18. The summed E-state index contributed by atoms with van der Waals surface area (Å²) >= 11 is 0. The van der Waals surface area contributed by atoms with E-state index in [1.807, 2.05) is 6.92 Å². The van der Waals surface area contributed by atoms with Crippen molar-refractivity contribution in [2.75, 3.05) is 0 Å². The Morgan fingerprint density at radius 1 is 1.75 bits per heavy atom. The fraction of sp³-hybridized carbons (Fsp3) is 0.800. The van der Waals surface area contributed by atoms with Gasteiger partial charge in [-0.3, -0.25) is 4.79 Å². The van der Waals surface area contributed by atoms with Gasteiger partial charge in [0.25, 0.3) is 0 Å². The highest BCUT2D eigenvalue weighted by molar-refractivity contribution is 5.75. The minimum absolute atomic E-state index is 0. The third kappa shape index (κ3) is 3.86. The van der Waals surface area contributed by atoms with Crippen molar-refractivity contribution in [3.8, 4) is 0 Å². The molecule has 0 aromatic rings. The molecule has 0 aliphatic heterocycles. The maximum atomic E-state index is 9.93. The van der Waals surface area contributed by atoms with Gasteiger partial charge < -0.3 is 5.11 Å². The van der Waals surface area contributed by atoms with Gasteiger partial charge >= 0.3 is 5.97 Å². The summed E-state index contributed by atoms with van der Waals surface area (Å²) in [5.74, 6) is -0.887. The van der Waals surface area contributed by atoms with Gasteiger partial charge in [0.2, 0.25) is 0 Å². The summed E-state index contributed by atoms with van der Waals surface area (Å²) in [6.45, 7) is 3.56. The average Bonchev–Trinajstić information content (AvgIpc) is 1.65. The Kier molecular flexibility index (Phi) is 6.43. The van der Waals surface area contributed by atoms with Crippen molar-refractivity contribution in [2.24, 2.45) is 5.92 Å². The molecular formula is C5H14O2Si. The van der Waals surface area contributed by atoms with Crippen LogP contribution in [-0.4, -0.2) is 22.0 Å².